The van der Waals surface area contributed by atoms with E-state index in [0.717, 1.165) is 50.7 Å². The molecule has 2 fully saturated rings. The van der Waals surface area contributed by atoms with Gasteiger partial charge < -0.3 is 30.3 Å². The first kappa shape index (κ1) is 25.1. The highest BCUT2D eigenvalue weighted by Crippen LogP contribution is 2.38. The molecular weight excluding hydrogens is 468 g/mol. The molecule has 2 saturated heterocycles. The maximum atomic E-state index is 13.1. The minimum absolute atomic E-state index is 0.0310. The van der Waals surface area contributed by atoms with Gasteiger partial charge in [-0.15, -0.1) is 0 Å². The first-order valence-electron chi connectivity index (χ1n) is 12.9. The van der Waals surface area contributed by atoms with Crippen molar-refractivity contribution >= 4 is 28.6 Å². The van der Waals surface area contributed by atoms with Gasteiger partial charge in [0.2, 0.25) is 11.9 Å². The Kier molecular flexibility index (Phi) is 7.06. The zero-order valence-corrected chi connectivity index (χ0v) is 21.9. The second kappa shape index (κ2) is 10.4. The largest absolute Gasteiger partial charge is 0.493 e. The minimum Gasteiger partial charge on any atom is -0.493 e. The number of anilines is 2. The van der Waals surface area contributed by atoms with E-state index in [1.165, 1.54) is 5.56 Å². The average Bonchev–Trinajstić information content (AvgIpc) is 3.48. The van der Waals surface area contributed by atoms with E-state index in [2.05, 4.69) is 39.5 Å². The van der Waals surface area contributed by atoms with Crippen molar-refractivity contribution in [2.75, 3.05) is 58.1 Å². The number of likely N-dealkylation sites (tertiary alicyclic amines) is 1. The number of amides is 1. The summed E-state index contributed by atoms with van der Waals surface area (Å²) in [5, 5.41) is 4.07. The summed E-state index contributed by atoms with van der Waals surface area (Å²) in [6.07, 6.45) is 3.73. The summed E-state index contributed by atoms with van der Waals surface area (Å²) in [4.78, 5) is 26.6. The van der Waals surface area contributed by atoms with E-state index >= 15 is 0 Å². The molecule has 9 heteroatoms. The van der Waals surface area contributed by atoms with Gasteiger partial charge in [0.05, 0.1) is 25.8 Å². The number of hydrogen-bond donors (Lipinski definition) is 2. The molecule has 5 rings (SSSR count). The van der Waals surface area contributed by atoms with Gasteiger partial charge in [0.25, 0.3) is 0 Å². The van der Waals surface area contributed by atoms with Crippen LogP contribution in [0.1, 0.15) is 31.2 Å². The number of likely N-dealkylation sites (N-methyl/N-ethyl adjacent to an activating group) is 1. The van der Waals surface area contributed by atoms with Gasteiger partial charge in [-0.25, -0.2) is 4.98 Å². The van der Waals surface area contributed by atoms with Gasteiger partial charge in [-0.05, 0) is 43.9 Å². The lowest BCUT2D eigenvalue weighted by molar-refractivity contribution is -0.134. The van der Waals surface area contributed by atoms with E-state index in [1.54, 1.807) is 14.2 Å². The molecule has 3 N–H and O–H groups in total. The fraction of sp³-hybridized carbons (Fsp3) is 0.464. The lowest BCUT2D eigenvalue weighted by Gasteiger charge is -2.44. The standard InChI is InChI=1S/C28H36N6O3/c1-33(27-31-22-17-24(37-3)23(36-2)16-20(22)25(29)32-27)18-28(19-8-5-4-6-9-19)11-14-34(15-12-28)26(35)21-10-7-13-30-21/h4-6,8-9,16-17,21,30H,7,10-15,18H2,1-3H3,(H2,29,31,32)/t21-/m0/s1. The maximum Gasteiger partial charge on any atom is 0.239 e. The summed E-state index contributed by atoms with van der Waals surface area (Å²) in [5.74, 6) is 2.37. The van der Waals surface area contributed by atoms with Gasteiger partial charge in [0, 0.05) is 43.5 Å². The van der Waals surface area contributed by atoms with Crippen LogP contribution in [0, 0.1) is 0 Å². The third kappa shape index (κ3) is 4.87. The molecule has 37 heavy (non-hydrogen) atoms. The van der Waals surface area contributed by atoms with Crippen molar-refractivity contribution in [2.24, 2.45) is 0 Å². The van der Waals surface area contributed by atoms with Gasteiger partial charge in [0.1, 0.15) is 5.82 Å². The smallest absolute Gasteiger partial charge is 0.239 e. The van der Waals surface area contributed by atoms with Crippen LogP contribution < -0.4 is 25.4 Å². The fourth-order valence-electron chi connectivity index (χ4n) is 5.76. The fourth-order valence-corrected chi connectivity index (χ4v) is 5.76. The molecule has 1 aromatic heterocycles. The minimum atomic E-state index is -0.138. The Morgan fingerprint density at radius 2 is 1.84 bits per heavy atom. The van der Waals surface area contributed by atoms with Crippen molar-refractivity contribution in [3.63, 3.8) is 0 Å². The first-order chi connectivity index (χ1) is 17.9. The number of ether oxygens (including phenoxy) is 2. The zero-order chi connectivity index (χ0) is 26.0. The number of nitrogen functional groups attached to an aromatic ring is 1. The van der Waals surface area contributed by atoms with Crippen LogP contribution in [0.3, 0.4) is 0 Å². The van der Waals surface area contributed by atoms with Crippen molar-refractivity contribution < 1.29 is 14.3 Å². The van der Waals surface area contributed by atoms with Crippen LogP contribution in [0.25, 0.3) is 10.9 Å². The predicted molar refractivity (Wildman–Crippen MR) is 145 cm³/mol. The van der Waals surface area contributed by atoms with E-state index in [4.69, 9.17) is 20.2 Å². The quantitative estimate of drug-likeness (QED) is 0.506. The molecule has 0 radical (unpaired) electrons. The Morgan fingerprint density at radius 3 is 2.49 bits per heavy atom. The van der Waals surface area contributed by atoms with E-state index < -0.39 is 0 Å². The molecule has 2 aliphatic rings. The predicted octanol–water partition coefficient (Wildman–Crippen LogP) is 2.98. The second-order valence-electron chi connectivity index (χ2n) is 10.1. The summed E-state index contributed by atoms with van der Waals surface area (Å²) < 4.78 is 10.9. The normalized spacial score (nSPS) is 19.1. The number of aromatic nitrogens is 2. The average molecular weight is 505 g/mol. The number of nitrogens with zero attached hydrogens (tertiary/aromatic N) is 4. The lowest BCUT2D eigenvalue weighted by Crippen LogP contribution is -2.53. The third-order valence-corrected chi connectivity index (χ3v) is 7.88. The number of methoxy groups -OCH3 is 2. The van der Waals surface area contributed by atoms with Gasteiger partial charge in [-0.1, -0.05) is 30.3 Å². The van der Waals surface area contributed by atoms with Crippen LogP contribution >= 0.6 is 0 Å². The SMILES string of the molecule is COc1cc2nc(N(C)CC3(c4ccccc4)CCN(C(=O)[C@@H]4CCCN4)CC3)nc(N)c2cc1OC. The molecule has 0 saturated carbocycles. The molecular formula is C28H36N6O3. The number of hydrogen-bond acceptors (Lipinski definition) is 8. The highest BCUT2D eigenvalue weighted by atomic mass is 16.5. The van der Waals surface area contributed by atoms with E-state index in [0.29, 0.717) is 35.3 Å². The van der Waals surface area contributed by atoms with E-state index in [-0.39, 0.29) is 17.4 Å². The Labute approximate surface area is 218 Å². The number of carbonyl (C=O) groups is 1. The van der Waals surface area contributed by atoms with Gasteiger partial charge in [0.15, 0.2) is 11.5 Å². The Balaban J connectivity index is 1.42. The molecule has 2 aromatic carbocycles. The summed E-state index contributed by atoms with van der Waals surface area (Å²) in [6, 6.07) is 14.2. The van der Waals surface area contributed by atoms with E-state index in [9.17, 15) is 4.79 Å². The number of nitrogens with one attached hydrogen (secondary N) is 1. The van der Waals surface area contributed by atoms with E-state index in [1.807, 2.05) is 30.1 Å². The Hall–Kier alpha value is -3.59. The van der Waals surface area contributed by atoms with Crippen LogP contribution in [-0.2, 0) is 10.2 Å². The highest BCUT2D eigenvalue weighted by molar-refractivity contribution is 5.91. The van der Waals surface area contributed by atoms with Gasteiger partial charge in [-0.3, -0.25) is 4.79 Å². The number of fused-ring (bicyclic) bond motifs is 1. The molecule has 9 nitrogen and oxygen atoms in total. The lowest BCUT2D eigenvalue weighted by atomic mass is 9.72. The van der Waals surface area contributed by atoms with Crippen molar-refractivity contribution in [1.82, 2.24) is 20.2 Å². The van der Waals surface area contributed by atoms with Crippen LogP contribution in [0.15, 0.2) is 42.5 Å². The van der Waals surface area contributed by atoms with Crippen molar-refractivity contribution in [1.29, 1.82) is 0 Å². The number of nitrogens with two attached hydrogens (primary N) is 1. The second-order valence-corrected chi connectivity index (χ2v) is 10.1. The third-order valence-electron chi connectivity index (χ3n) is 7.88. The topological polar surface area (TPSA) is 106 Å². The highest BCUT2D eigenvalue weighted by Gasteiger charge is 2.40. The van der Waals surface area contributed by atoms with Crippen LogP contribution in [0.2, 0.25) is 0 Å². The molecule has 3 aromatic rings. The van der Waals surface area contributed by atoms with Crippen LogP contribution in [-0.4, -0.2) is 74.3 Å². The molecule has 1 atom stereocenters. The molecule has 0 unspecified atom stereocenters. The van der Waals surface area contributed by atoms with Crippen molar-refractivity contribution in [3.05, 3.63) is 48.0 Å². The summed E-state index contributed by atoms with van der Waals surface area (Å²) in [6.45, 7) is 3.10. The molecule has 2 aliphatic heterocycles. The number of carbonyl (C=O) groups excluding carboxylic acids is 1. The van der Waals surface area contributed by atoms with Crippen LogP contribution in [0.4, 0.5) is 11.8 Å². The molecule has 0 bridgehead atoms. The molecule has 0 aliphatic carbocycles. The van der Waals surface area contributed by atoms with Crippen molar-refractivity contribution in [3.8, 4) is 11.5 Å². The molecule has 0 spiro atoms. The summed E-state index contributed by atoms with van der Waals surface area (Å²) in [5.41, 5.74) is 8.21. The first-order valence-corrected chi connectivity index (χ1v) is 12.9. The maximum absolute atomic E-state index is 13.1. The molecule has 196 valence electrons. The molecule has 3 heterocycles. The van der Waals surface area contributed by atoms with Gasteiger partial charge in [-0.2, -0.15) is 4.98 Å². The number of rotatable bonds is 7. The summed E-state index contributed by atoms with van der Waals surface area (Å²) in [7, 11) is 5.20. The van der Waals surface area contributed by atoms with Crippen LogP contribution in [0.5, 0.6) is 11.5 Å². The van der Waals surface area contributed by atoms with Gasteiger partial charge >= 0.3 is 0 Å². The summed E-state index contributed by atoms with van der Waals surface area (Å²) >= 11 is 0. The number of benzene rings is 2. The Morgan fingerprint density at radius 1 is 1.14 bits per heavy atom. The monoisotopic (exact) mass is 504 g/mol. The number of piperidine rings is 1. The molecule has 1 amide bonds. The zero-order valence-electron chi connectivity index (χ0n) is 21.9. The Bertz CT molecular complexity index is 1250. The van der Waals surface area contributed by atoms with Crippen molar-refractivity contribution in [2.45, 2.75) is 37.1 Å².